The van der Waals surface area contributed by atoms with Gasteiger partial charge in [0.2, 0.25) is 0 Å². The van der Waals surface area contributed by atoms with Crippen molar-refractivity contribution in [3.63, 3.8) is 0 Å². The van der Waals surface area contributed by atoms with Gasteiger partial charge in [-0.25, -0.2) is 0 Å². The van der Waals surface area contributed by atoms with Crippen LogP contribution in [0.25, 0.3) is 0 Å². The van der Waals surface area contributed by atoms with Crippen LogP contribution in [0.5, 0.6) is 0 Å². The number of hydrogen-bond donors (Lipinski definition) is 2. The van der Waals surface area contributed by atoms with Gasteiger partial charge in [0.1, 0.15) is 12.6 Å². The summed E-state index contributed by atoms with van der Waals surface area (Å²) in [5.74, 6) is 0. The molecule has 1 fully saturated rings. The van der Waals surface area contributed by atoms with Crippen molar-refractivity contribution in [3.05, 3.63) is 0 Å². The van der Waals surface area contributed by atoms with E-state index >= 15 is 0 Å². The molecule has 0 radical (unpaired) electrons. The number of quaternary nitrogens is 2. The normalized spacial score (nSPS) is 35.2. The smallest absolute Gasteiger partial charge is 0.134 e. The molecular formula is C9H22N2+2. The first-order chi connectivity index (χ1) is 5.25. The van der Waals surface area contributed by atoms with Crippen LogP contribution in [0.2, 0.25) is 0 Å². The highest BCUT2D eigenvalue weighted by Crippen LogP contribution is 2.02. The number of piperidine rings is 1. The summed E-state index contributed by atoms with van der Waals surface area (Å²) in [6, 6.07) is 1.64. The molecule has 0 saturated carbocycles. The number of hydrogen-bond acceptors (Lipinski definition) is 0. The van der Waals surface area contributed by atoms with Crippen LogP contribution in [-0.2, 0) is 0 Å². The molecule has 1 rings (SSSR count). The lowest BCUT2D eigenvalue weighted by Crippen LogP contribution is -3.20. The van der Waals surface area contributed by atoms with Gasteiger partial charge >= 0.3 is 0 Å². The molecule has 0 aliphatic carbocycles. The molecule has 11 heavy (non-hydrogen) atoms. The van der Waals surface area contributed by atoms with Crippen molar-refractivity contribution in [1.29, 1.82) is 0 Å². The fourth-order valence-corrected chi connectivity index (χ4v) is 2.13. The predicted octanol–water partition coefficient (Wildman–Crippen LogP) is -0.926. The Hall–Kier alpha value is -0.0800. The largest absolute Gasteiger partial charge is 0.353 e. The van der Waals surface area contributed by atoms with Gasteiger partial charge in [0.15, 0.2) is 0 Å². The Morgan fingerprint density at radius 3 is 2.82 bits per heavy atom. The highest BCUT2D eigenvalue weighted by molar-refractivity contribution is 4.58. The van der Waals surface area contributed by atoms with Gasteiger partial charge in [-0.05, 0) is 33.1 Å². The highest BCUT2D eigenvalue weighted by atomic mass is 15.2. The monoisotopic (exact) mass is 158 g/mol. The second-order valence-electron chi connectivity index (χ2n) is 3.91. The van der Waals surface area contributed by atoms with Gasteiger partial charge in [-0.2, -0.15) is 0 Å². The molecule has 2 nitrogen and oxygen atoms in total. The lowest BCUT2D eigenvalue weighted by molar-refractivity contribution is -0.955. The lowest BCUT2D eigenvalue weighted by Gasteiger charge is -2.33. The molecule has 1 unspecified atom stereocenters. The molecule has 0 aromatic heterocycles. The standard InChI is InChI=1S/C9H20N2/c1-8-5-3-4-6-11(8)9(2)7-10/h8-9H,3-7,10H2,1-2H3/p+2/t8-,9-/m0/s1. The highest BCUT2D eigenvalue weighted by Gasteiger charge is 2.26. The van der Waals surface area contributed by atoms with Crippen LogP contribution in [0.1, 0.15) is 33.1 Å². The molecule has 1 saturated heterocycles. The minimum absolute atomic E-state index is 0.769. The molecule has 0 bridgehead atoms. The Labute approximate surface area is 69.8 Å². The van der Waals surface area contributed by atoms with Gasteiger partial charge in [-0.15, -0.1) is 0 Å². The van der Waals surface area contributed by atoms with Crippen molar-refractivity contribution in [1.82, 2.24) is 0 Å². The van der Waals surface area contributed by atoms with E-state index in [0.29, 0.717) is 0 Å². The summed E-state index contributed by atoms with van der Waals surface area (Å²) in [4.78, 5) is 1.78. The first kappa shape index (κ1) is 9.01. The van der Waals surface area contributed by atoms with Crippen LogP contribution in [-0.4, -0.2) is 25.2 Å². The van der Waals surface area contributed by atoms with E-state index in [1.54, 1.807) is 4.90 Å². The average molecular weight is 158 g/mol. The van der Waals surface area contributed by atoms with Gasteiger partial charge in [0.25, 0.3) is 0 Å². The second-order valence-corrected chi connectivity index (χ2v) is 3.91. The van der Waals surface area contributed by atoms with Gasteiger partial charge in [-0.3, -0.25) is 0 Å². The third-order valence-electron chi connectivity index (χ3n) is 3.05. The first-order valence-electron chi connectivity index (χ1n) is 4.90. The molecule has 0 spiro atoms. The summed E-state index contributed by atoms with van der Waals surface area (Å²) >= 11 is 0. The molecule has 0 amide bonds. The van der Waals surface area contributed by atoms with Crippen LogP contribution >= 0.6 is 0 Å². The molecule has 0 aromatic rings. The summed E-state index contributed by atoms with van der Waals surface area (Å²) in [6.07, 6.45) is 4.28. The zero-order chi connectivity index (χ0) is 8.27. The maximum absolute atomic E-state index is 3.97. The summed E-state index contributed by atoms with van der Waals surface area (Å²) < 4.78 is 0. The van der Waals surface area contributed by atoms with Gasteiger partial charge in [0.05, 0.1) is 12.6 Å². The topological polar surface area (TPSA) is 32.1 Å². The summed E-state index contributed by atoms with van der Waals surface area (Å²) in [6.45, 7) is 7.16. The summed E-state index contributed by atoms with van der Waals surface area (Å²) in [5.41, 5.74) is 3.97. The predicted molar refractivity (Wildman–Crippen MR) is 46.4 cm³/mol. The minimum atomic E-state index is 0.769. The average Bonchev–Trinajstić information content (AvgIpc) is 2.04. The summed E-state index contributed by atoms with van der Waals surface area (Å²) in [5, 5.41) is 0. The number of rotatable bonds is 2. The van der Waals surface area contributed by atoms with E-state index in [1.807, 2.05) is 0 Å². The van der Waals surface area contributed by atoms with Gasteiger partial charge in [0, 0.05) is 0 Å². The maximum Gasteiger partial charge on any atom is 0.134 e. The van der Waals surface area contributed by atoms with E-state index in [0.717, 1.165) is 18.6 Å². The Morgan fingerprint density at radius 2 is 2.27 bits per heavy atom. The van der Waals surface area contributed by atoms with Gasteiger partial charge < -0.3 is 10.6 Å². The quantitative estimate of drug-likeness (QED) is 0.521. The van der Waals surface area contributed by atoms with Crippen molar-refractivity contribution < 1.29 is 10.6 Å². The molecule has 66 valence electrons. The summed E-state index contributed by atoms with van der Waals surface area (Å²) in [7, 11) is 0. The Bertz CT molecular complexity index is 110. The zero-order valence-corrected chi connectivity index (χ0v) is 7.90. The number of nitrogens with one attached hydrogen (secondary N) is 1. The molecule has 0 aromatic carbocycles. The van der Waals surface area contributed by atoms with Crippen molar-refractivity contribution >= 4 is 0 Å². The van der Waals surface area contributed by atoms with E-state index in [2.05, 4.69) is 19.6 Å². The molecule has 1 heterocycles. The fourth-order valence-electron chi connectivity index (χ4n) is 2.13. The lowest BCUT2D eigenvalue weighted by atomic mass is 10.0. The molecule has 2 heteroatoms. The van der Waals surface area contributed by atoms with E-state index in [4.69, 9.17) is 0 Å². The molecular weight excluding hydrogens is 136 g/mol. The van der Waals surface area contributed by atoms with Crippen molar-refractivity contribution in [2.24, 2.45) is 0 Å². The Morgan fingerprint density at radius 1 is 1.55 bits per heavy atom. The number of likely N-dealkylation sites (tertiary alicyclic amines) is 1. The van der Waals surface area contributed by atoms with Crippen molar-refractivity contribution in [3.8, 4) is 0 Å². The third kappa shape index (κ3) is 2.17. The third-order valence-corrected chi connectivity index (χ3v) is 3.05. The molecule has 1 aliphatic heterocycles. The van der Waals surface area contributed by atoms with E-state index in [-0.39, 0.29) is 0 Å². The van der Waals surface area contributed by atoms with Crippen LogP contribution in [0, 0.1) is 0 Å². The van der Waals surface area contributed by atoms with E-state index in [1.165, 1.54) is 25.8 Å². The Balaban J connectivity index is 2.40. The van der Waals surface area contributed by atoms with E-state index in [9.17, 15) is 0 Å². The van der Waals surface area contributed by atoms with Crippen molar-refractivity contribution in [2.45, 2.75) is 45.2 Å². The Kier molecular flexibility index (Phi) is 3.34. The van der Waals surface area contributed by atoms with Crippen LogP contribution < -0.4 is 10.6 Å². The van der Waals surface area contributed by atoms with Crippen LogP contribution in [0.4, 0.5) is 0 Å². The molecule has 1 aliphatic rings. The van der Waals surface area contributed by atoms with Crippen LogP contribution in [0.3, 0.4) is 0 Å². The van der Waals surface area contributed by atoms with Gasteiger partial charge in [-0.1, -0.05) is 0 Å². The maximum atomic E-state index is 3.97. The van der Waals surface area contributed by atoms with E-state index < -0.39 is 0 Å². The second kappa shape index (κ2) is 4.07. The van der Waals surface area contributed by atoms with Crippen LogP contribution in [0.15, 0.2) is 0 Å². The molecule has 3 atom stereocenters. The minimum Gasteiger partial charge on any atom is -0.353 e. The van der Waals surface area contributed by atoms with Crippen molar-refractivity contribution in [2.75, 3.05) is 13.1 Å². The first-order valence-corrected chi connectivity index (χ1v) is 4.90. The molecule has 4 N–H and O–H groups in total. The SMILES string of the molecule is C[C@@H](C[NH3+])[NH+]1CCCC[C@@H]1C. The fraction of sp³-hybridized carbons (Fsp3) is 1.00. The zero-order valence-electron chi connectivity index (χ0n) is 7.90.